The fraction of sp³-hybridized carbons (Fsp3) is 0.333. The van der Waals surface area contributed by atoms with Gasteiger partial charge in [0.05, 0.1) is 0 Å². The standard InChI is InChI=1S/C15H18N2OS/c1-17(10-7-14-4-2-3-9-16-14)15(18)6-5-13-8-11-19-12-13/h2-4,8-9,11-12H,5-7,10H2,1H3. The second kappa shape index (κ2) is 7.04. The molecule has 100 valence electrons. The van der Waals surface area contributed by atoms with E-state index in [9.17, 15) is 4.79 Å². The van der Waals surface area contributed by atoms with Crippen LogP contribution in [-0.4, -0.2) is 29.4 Å². The Morgan fingerprint density at radius 2 is 2.21 bits per heavy atom. The van der Waals surface area contributed by atoms with Gasteiger partial charge in [-0.15, -0.1) is 0 Å². The van der Waals surface area contributed by atoms with Gasteiger partial charge in [0.15, 0.2) is 0 Å². The van der Waals surface area contributed by atoms with Crippen LogP contribution in [0.1, 0.15) is 17.7 Å². The van der Waals surface area contributed by atoms with Crippen LogP contribution in [-0.2, 0) is 17.6 Å². The summed E-state index contributed by atoms with van der Waals surface area (Å²) in [7, 11) is 1.86. The van der Waals surface area contributed by atoms with Crippen LogP contribution in [0.4, 0.5) is 0 Å². The van der Waals surface area contributed by atoms with E-state index in [0.717, 1.165) is 25.1 Å². The summed E-state index contributed by atoms with van der Waals surface area (Å²) in [6.45, 7) is 0.722. The molecule has 0 radical (unpaired) electrons. The second-order valence-corrected chi connectivity index (χ2v) is 5.30. The molecule has 0 aromatic carbocycles. The molecule has 0 atom stereocenters. The Hall–Kier alpha value is -1.68. The molecule has 0 unspecified atom stereocenters. The average molecular weight is 274 g/mol. The van der Waals surface area contributed by atoms with Crippen LogP contribution < -0.4 is 0 Å². The molecule has 0 aliphatic carbocycles. The number of amides is 1. The Morgan fingerprint density at radius 3 is 2.89 bits per heavy atom. The minimum Gasteiger partial charge on any atom is -0.345 e. The Kier molecular flexibility index (Phi) is 5.10. The highest BCUT2D eigenvalue weighted by Gasteiger charge is 2.09. The Morgan fingerprint density at radius 1 is 1.32 bits per heavy atom. The largest absolute Gasteiger partial charge is 0.345 e. The molecular weight excluding hydrogens is 256 g/mol. The Balaban J connectivity index is 1.73. The second-order valence-electron chi connectivity index (χ2n) is 4.52. The lowest BCUT2D eigenvalue weighted by Gasteiger charge is -2.16. The highest BCUT2D eigenvalue weighted by Crippen LogP contribution is 2.09. The summed E-state index contributed by atoms with van der Waals surface area (Å²) in [5.74, 6) is 0.196. The summed E-state index contributed by atoms with van der Waals surface area (Å²) in [5, 5.41) is 4.14. The lowest BCUT2D eigenvalue weighted by atomic mass is 10.2. The molecule has 2 heterocycles. The number of likely N-dealkylation sites (N-methyl/N-ethyl adjacent to an activating group) is 1. The number of nitrogens with zero attached hydrogens (tertiary/aromatic N) is 2. The van der Waals surface area contributed by atoms with Gasteiger partial charge in [-0.1, -0.05) is 6.07 Å². The molecule has 2 aromatic rings. The third-order valence-corrected chi connectivity index (χ3v) is 3.79. The van der Waals surface area contributed by atoms with Gasteiger partial charge in [-0.05, 0) is 40.9 Å². The predicted molar refractivity (Wildman–Crippen MR) is 78.2 cm³/mol. The molecule has 0 fully saturated rings. The Bertz CT molecular complexity index is 496. The van der Waals surface area contributed by atoms with Gasteiger partial charge in [-0.25, -0.2) is 0 Å². The third-order valence-electron chi connectivity index (χ3n) is 3.06. The van der Waals surface area contributed by atoms with Crippen molar-refractivity contribution in [1.82, 2.24) is 9.88 Å². The van der Waals surface area contributed by atoms with Crippen LogP contribution in [0.25, 0.3) is 0 Å². The number of rotatable bonds is 6. The number of thiophene rings is 1. The van der Waals surface area contributed by atoms with E-state index < -0.39 is 0 Å². The molecule has 1 amide bonds. The van der Waals surface area contributed by atoms with Crippen LogP contribution in [0.3, 0.4) is 0 Å². The predicted octanol–water partition coefficient (Wildman–Crippen LogP) is 2.78. The number of carbonyl (C=O) groups excluding carboxylic acids is 1. The smallest absolute Gasteiger partial charge is 0.222 e. The SMILES string of the molecule is CN(CCc1ccccn1)C(=O)CCc1ccsc1. The molecule has 0 saturated heterocycles. The van der Waals surface area contributed by atoms with Crippen molar-refractivity contribution in [1.29, 1.82) is 0 Å². The molecule has 2 rings (SSSR count). The zero-order chi connectivity index (χ0) is 13.5. The number of aromatic nitrogens is 1. The zero-order valence-corrected chi connectivity index (χ0v) is 11.9. The molecule has 4 heteroatoms. The van der Waals surface area contributed by atoms with Gasteiger partial charge in [-0.2, -0.15) is 11.3 Å². The van der Waals surface area contributed by atoms with Crippen molar-refractivity contribution in [3.63, 3.8) is 0 Å². The molecule has 0 N–H and O–H groups in total. The Labute approximate surface area is 117 Å². The summed E-state index contributed by atoms with van der Waals surface area (Å²) >= 11 is 1.67. The monoisotopic (exact) mass is 274 g/mol. The lowest BCUT2D eigenvalue weighted by Crippen LogP contribution is -2.29. The fourth-order valence-electron chi connectivity index (χ4n) is 1.83. The van der Waals surface area contributed by atoms with Crippen LogP contribution in [0, 0.1) is 0 Å². The van der Waals surface area contributed by atoms with E-state index in [4.69, 9.17) is 0 Å². The first-order valence-corrected chi connectivity index (χ1v) is 7.35. The zero-order valence-electron chi connectivity index (χ0n) is 11.1. The fourth-order valence-corrected chi connectivity index (χ4v) is 2.53. The third kappa shape index (κ3) is 4.48. The summed E-state index contributed by atoms with van der Waals surface area (Å²) in [6.07, 6.45) is 4.00. The number of hydrogen-bond donors (Lipinski definition) is 0. The molecule has 0 aliphatic rings. The van der Waals surface area contributed by atoms with E-state index in [1.165, 1.54) is 5.56 Å². The number of carbonyl (C=O) groups is 1. The van der Waals surface area contributed by atoms with Crippen molar-refractivity contribution in [2.75, 3.05) is 13.6 Å². The van der Waals surface area contributed by atoms with Crippen molar-refractivity contribution in [2.45, 2.75) is 19.3 Å². The van der Waals surface area contributed by atoms with Crippen LogP contribution in [0.15, 0.2) is 41.2 Å². The van der Waals surface area contributed by atoms with E-state index in [1.807, 2.05) is 30.6 Å². The first-order chi connectivity index (χ1) is 9.25. The van der Waals surface area contributed by atoms with Crippen molar-refractivity contribution < 1.29 is 4.79 Å². The molecule has 19 heavy (non-hydrogen) atoms. The lowest BCUT2D eigenvalue weighted by molar-refractivity contribution is -0.129. The molecule has 0 bridgehead atoms. The number of pyridine rings is 1. The quantitative estimate of drug-likeness (QED) is 0.811. The van der Waals surface area contributed by atoms with Gasteiger partial charge < -0.3 is 4.90 Å². The van der Waals surface area contributed by atoms with Crippen molar-refractivity contribution >= 4 is 17.2 Å². The maximum atomic E-state index is 12.0. The van der Waals surface area contributed by atoms with Gasteiger partial charge in [0.1, 0.15) is 0 Å². The minimum absolute atomic E-state index is 0.196. The van der Waals surface area contributed by atoms with Crippen molar-refractivity contribution in [3.05, 3.63) is 52.5 Å². The molecule has 3 nitrogen and oxygen atoms in total. The summed E-state index contributed by atoms with van der Waals surface area (Å²) in [6, 6.07) is 7.94. The number of hydrogen-bond acceptors (Lipinski definition) is 3. The van der Waals surface area contributed by atoms with Gasteiger partial charge in [0, 0.05) is 38.3 Å². The average Bonchev–Trinajstić information content (AvgIpc) is 2.96. The maximum Gasteiger partial charge on any atom is 0.222 e. The first kappa shape index (κ1) is 13.7. The van der Waals surface area contributed by atoms with Gasteiger partial charge in [0.25, 0.3) is 0 Å². The van der Waals surface area contributed by atoms with Crippen LogP contribution in [0.5, 0.6) is 0 Å². The molecule has 0 spiro atoms. The van der Waals surface area contributed by atoms with Gasteiger partial charge >= 0.3 is 0 Å². The maximum absolute atomic E-state index is 12.0. The van der Waals surface area contributed by atoms with Crippen LogP contribution >= 0.6 is 11.3 Å². The summed E-state index contributed by atoms with van der Waals surface area (Å²) < 4.78 is 0. The van der Waals surface area contributed by atoms with E-state index in [-0.39, 0.29) is 5.91 Å². The topological polar surface area (TPSA) is 33.2 Å². The van der Waals surface area contributed by atoms with Crippen LogP contribution in [0.2, 0.25) is 0 Å². The molecule has 2 aromatic heterocycles. The normalized spacial score (nSPS) is 10.4. The molecular formula is C15H18N2OS. The minimum atomic E-state index is 0.196. The van der Waals surface area contributed by atoms with E-state index in [2.05, 4.69) is 16.4 Å². The summed E-state index contributed by atoms with van der Waals surface area (Å²) in [5.41, 5.74) is 2.27. The van der Waals surface area contributed by atoms with E-state index >= 15 is 0 Å². The molecule has 0 saturated carbocycles. The van der Waals surface area contributed by atoms with E-state index in [1.54, 1.807) is 22.4 Å². The van der Waals surface area contributed by atoms with Crippen molar-refractivity contribution in [3.8, 4) is 0 Å². The van der Waals surface area contributed by atoms with Gasteiger partial charge in [-0.3, -0.25) is 9.78 Å². The van der Waals surface area contributed by atoms with Crippen molar-refractivity contribution in [2.24, 2.45) is 0 Å². The van der Waals surface area contributed by atoms with E-state index in [0.29, 0.717) is 6.42 Å². The first-order valence-electron chi connectivity index (χ1n) is 6.40. The highest BCUT2D eigenvalue weighted by atomic mass is 32.1. The number of aryl methyl sites for hydroxylation is 1. The molecule has 0 aliphatic heterocycles. The van der Waals surface area contributed by atoms with Gasteiger partial charge in [0.2, 0.25) is 5.91 Å². The summed E-state index contributed by atoms with van der Waals surface area (Å²) in [4.78, 5) is 18.0. The highest BCUT2D eigenvalue weighted by molar-refractivity contribution is 7.07.